The zero-order chi connectivity index (χ0) is 22.3. The van der Waals surface area contributed by atoms with E-state index in [0.29, 0.717) is 30.0 Å². The van der Waals surface area contributed by atoms with Gasteiger partial charge in [-0.3, -0.25) is 4.79 Å². The largest absolute Gasteiger partial charge is 0.494 e. The molecule has 0 aromatic heterocycles. The van der Waals surface area contributed by atoms with E-state index in [1.165, 1.54) is 11.4 Å². The van der Waals surface area contributed by atoms with Crippen molar-refractivity contribution >= 4 is 15.9 Å². The first-order chi connectivity index (χ1) is 14.9. The number of carbonyl (C=O) groups is 1. The first kappa shape index (κ1) is 22.5. The molecule has 6 nitrogen and oxygen atoms in total. The van der Waals surface area contributed by atoms with Crippen LogP contribution in [0.25, 0.3) is 0 Å². The van der Waals surface area contributed by atoms with Crippen LogP contribution in [0.3, 0.4) is 0 Å². The molecule has 0 unspecified atom stereocenters. The van der Waals surface area contributed by atoms with Crippen LogP contribution in [-0.4, -0.2) is 32.3 Å². The molecule has 0 saturated heterocycles. The van der Waals surface area contributed by atoms with Crippen molar-refractivity contribution in [3.8, 4) is 5.75 Å². The topological polar surface area (TPSA) is 75.7 Å². The molecule has 0 atom stereocenters. The third-order valence-electron chi connectivity index (χ3n) is 4.76. The maximum absolute atomic E-state index is 12.9. The second-order valence-corrected chi connectivity index (χ2v) is 9.04. The summed E-state index contributed by atoms with van der Waals surface area (Å²) >= 11 is 0. The molecule has 3 aromatic carbocycles. The minimum atomic E-state index is -3.67. The van der Waals surface area contributed by atoms with Crippen molar-refractivity contribution in [3.63, 3.8) is 0 Å². The van der Waals surface area contributed by atoms with Gasteiger partial charge in [0.1, 0.15) is 5.75 Å². The number of benzene rings is 3. The van der Waals surface area contributed by atoms with Crippen molar-refractivity contribution in [1.82, 2.24) is 9.62 Å². The van der Waals surface area contributed by atoms with Gasteiger partial charge in [0, 0.05) is 31.3 Å². The third-order valence-corrected chi connectivity index (χ3v) is 6.58. The van der Waals surface area contributed by atoms with E-state index in [9.17, 15) is 13.2 Å². The molecule has 7 heteroatoms. The molecular weight excluding hydrogens is 412 g/mol. The van der Waals surface area contributed by atoms with Crippen LogP contribution in [0.5, 0.6) is 5.75 Å². The highest BCUT2D eigenvalue weighted by Gasteiger charge is 2.22. The van der Waals surface area contributed by atoms with Gasteiger partial charge in [0.2, 0.25) is 10.0 Å². The summed E-state index contributed by atoms with van der Waals surface area (Å²) in [7, 11) is -2.16. The Kier molecular flexibility index (Phi) is 7.44. The molecule has 0 aliphatic heterocycles. The fourth-order valence-corrected chi connectivity index (χ4v) is 4.29. The molecule has 0 fully saturated rings. The lowest BCUT2D eigenvalue weighted by Gasteiger charge is -2.20. The van der Waals surface area contributed by atoms with Gasteiger partial charge in [-0.05, 0) is 42.8 Å². The van der Waals surface area contributed by atoms with Crippen molar-refractivity contribution in [2.75, 3.05) is 13.7 Å². The second kappa shape index (κ2) is 10.2. The van der Waals surface area contributed by atoms with Gasteiger partial charge in [0.25, 0.3) is 5.91 Å². The molecule has 0 bridgehead atoms. The van der Waals surface area contributed by atoms with E-state index in [4.69, 9.17) is 4.74 Å². The second-order valence-electron chi connectivity index (χ2n) is 7.00. The van der Waals surface area contributed by atoms with Crippen LogP contribution in [-0.2, 0) is 23.1 Å². The number of ether oxygens (including phenoxy) is 1. The Morgan fingerprint density at radius 2 is 1.61 bits per heavy atom. The Morgan fingerprint density at radius 1 is 0.968 bits per heavy atom. The number of hydrogen-bond acceptors (Lipinski definition) is 4. The van der Waals surface area contributed by atoms with Gasteiger partial charge in [-0.2, -0.15) is 4.31 Å². The van der Waals surface area contributed by atoms with E-state index in [1.54, 1.807) is 48.5 Å². The highest BCUT2D eigenvalue weighted by molar-refractivity contribution is 7.89. The van der Waals surface area contributed by atoms with Crippen molar-refractivity contribution in [3.05, 3.63) is 95.6 Å². The third kappa shape index (κ3) is 5.71. The summed E-state index contributed by atoms with van der Waals surface area (Å²) in [5.41, 5.74) is 2.06. The van der Waals surface area contributed by atoms with Crippen LogP contribution in [0, 0.1) is 0 Å². The monoisotopic (exact) mass is 438 g/mol. The molecule has 0 radical (unpaired) electrons. The fourth-order valence-electron chi connectivity index (χ4n) is 3.12. The molecule has 162 valence electrons. The van der Waals surface area contributed by atoms with Crippen LogP contribution in [0.2, 0.25) is 0 Å². The minimum absolute atomic E-state index is 0.0758. The summed E-state index contributed by atoms with van der Waals surface area (Å²) in [5, 5.41) is 2.89. The number of amides is 1. The minimum Gasteiger partial charge on any atom is -0.494 e. The van der Waals surface area contributed by atoms with E-state index >= 15 is 0 Å². The molecule has 0 aliphatic carbocycles. The smallest absolute Gasteiger partial charge is 0.251 e. The van der Waals surface area contributed by atoms with Gasteiger partial charge < -0.3 is 10.1 Å². The molecule has 1 N–H and O–H groups in total. The zero-order valence-corrected chi connectivity index (χ0v) is 18.4. The molecule has 1 amide bonds. The summed E-state index contributed by atoms with van der Waals surface area (Å²) in [6, 6.07) is 23.0. The number of nitrogens with one attached hydrogen (secondary N) is 1. The number of carbonyl (C=O) groups excluding carboxylic acids is 1. The SMILES string of the molecule is CCOc1ccc(C(=O)NCc2ccccc2)cc1CN(C)S(=O)(=O)c1ccccc1. The van der Waals surface area contributed by atoms with Crippen molar-refractivity contribution in [2.24, 2.45) is 0 Å². The average molecular weight is 439 g/mol. The number of rotatable bonds is 9. The first-order valence-corrected chi connectivity index (χ1v) is 11.4. The number of nitrogens with zero attached hydrogens (tertiary/aromatic N) is 1. The molecule has 3 rings (SSSR count). The Morgan fingerprint density at radius 3 is 2.26 bits per heavy atom. The summed E-state index contributed by atoms with van der Waals surface area (Å²) in [5.74, 6) is 0.318. The van der Waals surface area contributed by atoms with Gasteiger partial charge in [-0.25, -0.2) is 8.42 Å². The van der Waals surface area contributed by atoms with Crippen LogP contribution < -0.4 is 10.1 Å². The predicted octanol–water partition coefficient (Wildman–Crippen LogP) is 3.84. The molecule has 3 aromatic rings. The van der Waals surface area contributed by atoms with Crippen molar-refractivity contribution in [2.45, 2.75) is 24.9 Å². The van der Waals surface area contributed by atoms with E-state index in [1.807, 2.05) is 37.3 Å². The van der Waals surface area contributed by atoms with Gasteiger partial charge in [0.15, 0.2) is 0 Å². The van der Waals surface area contributed by atoms with E-state index < -0.39 is 10.0 Å². The highest BCUT2D eigenvalue weighted by atomic mass is 32.2. The molecule has 0 saturated carbocycles. The average Bonchev–Trinajstić information content (AvgIpc) is 2.80. The lowest BCUT2D eigenvalue weighted by atomic mass is 10.1. The Bertz CT molecular complexity index is 1120. The molecule has 0 spiro atoms. The number of sulfonamides is 1. The molecule has 31 heavy (non-hydrogen) atoms. The van der Waals surface area contributed by atoms with E-state index in [2.05, 4.69) is 5.32 Å². The van der Waals surface area contributed by atoms with Gasteiger partial charge in [-0.15, -0.1) is 0 Å². The van der Waals surface area contributed by atoms with Crippen LogP contribution in [0.15, 0.2) is 83.8 Å². The zero-order valence-electron chi connectivity index (χ0n) is 17.6. The highest BCUT2D eigenvalue weighted by Crippen LogP contribution is 2.24. The summed E-state index contributed by atoms with van der Waals surface area (Å²) in [6.45, 7) is 2.77. The summed E-state index contributed by atoms with van der Waals surface area (Å²) in [6.07, 6.45) is 0. The van der Waals surface area contributed by atoms with Crippen LogP contribution in [0.4, 0.5) is 0 Å². The maximum Gasteiger partial charge on any atom is 0.251 e. The first-order valence-electron chi connectivity index (χ1n) is 10.0. The predicted molar refractivity (Wildman–Crippen MR) is 120 cm³/mol. The lowest BCUT2D eigenvalue weighted by molar-refractivity contribution is 0.0950. The Labute approximate surface area is 183 Å². The van der Waals surface area contributed by atoms with Crippen molar-refractivity contribution < 1.29 is 17.9 Å². The van der Waals surface area contributed by atoms with Crippen LogP contribution in [0.1, 0.15) is 28.4 Å². The van der Waals surface area contributed by atoms with Gasteiger partial charge in [0.05, 0.1) is 11.5 Å². The van der Waals surface area contributed by atoms with E-state index in [0.717, 1.165) is 5.56 Å². The normalized spacial score (nSPS) is 11.3. The van der Waals surface area contributed by atoms with Gasteiger partial charge in [-0.1, -0.05) is 48.5 Å². The fraction of sp³-hybridized carbons (Fsp3) is 0.208. The summed E-state index contributed by atoms with van der Waals surface area (Å²) in [4.78, 5) is 12.9. The number of hydrogen-bond donors (Lipinski definition) is 1. The quantitative estimate of drug-likeness (QED) is 0.551. The van der Waals surface area contributed by atoms with Crippen LogP contribution >= 0.6 is 0 Å². The Balaban J connectivity index is 1.80. The summed E-state index contributed by atoms with van der Waals surface area (Å²) < 4.78 is 32.7. The van der Waals surface area contributed by atoms with Gasteiger partial charge >= 0.3 is 0 Å². The van der Waals surface area contributed by atoms with Crippen molar-refractivity contribution in [1.29, 1.82) is 0 Å². The molecular formula is C24H26N2O4S. The maximum atomic E-state index is 12.9. The molecule has 0 aliphatic rings. The lowest BCUT2D eigenvalue weighted by Crippen LogP contribution is -2.27. The Hall–Kier alpha value is -3.16. The van der Waals surface area contributed by atoms with E-state index in [-0.39, 0.29) is 17.3 Å². The molecule has 0 heterocycles. The standard InChI is InChI=1S/C24H26N2O4S/c1-3-30-23-15-14-20(24(27)25-17-19-10-6-4-7-11-19)16-21(23)18-26(2)31(28,29)22-12-8-5-9-13-22/h4-16H,3,17-18H2,1-2H3,(H,25,27).